The Morgan fingerprint density at radius 2 is 2.26 bits per heavy atom. The molecule has 1 N–H and O–H groups in total. The second kappa shape index (κ2) is 5.31. The van der Waals surface area contributed by atoms with Crippen LogP contribution in [0.4, 0.5) is 5.82 Å². The van der Waals surface area contributed by atoms with Crippen LogP contribution in [0.1, 0.15) is 19.8 Å². The van der Waals surface area contributed by atoms with Crippen LogP contribution >= 0.6 is 11.6 Å². The van der Waals surface area contributed by atoms with Gasteiger partial charge in [0, 0.05) is 23.1 Å². The van der Waals surface area contributed by atoms with Crippen LogP contribution in [0.2, 0.25) is 5.02 Å². The van der Waals surface area contributed by atoms with Crippen molar-refractivity contribution in [1.82, 2.24) is 9.97 Å². The van der Waals surface area contributed by atoms with Crippen molar-refractivity contribution in [1.29, 1.82) is 0 Å². The molecule has 2 heterocycles. The molecule has 3 rings (SSSR count). The predicted molar refractivity (Wildman–Crippen MR) is 76.6 cm³/mol. The molecule has 100 valence electrons. The van der Waals surface area contributed by atoms with E-state index in [0.717, 1.165) is 36.2 Å². The van der Waals surface area contributed by atoms with Crippen LogP contribution in [-0.2, 0) is 4.74 Å². The van der Waals surface area contributed by atoms with Gasteiger partial charge in [0.05, 0.1) is 11.6 Å². The molecule has 0 radical (unpaired) electrons. The van der Waals surface area contributed by atoms with E-state index in [1.54, 1.807) is 6.33 Å². The van der Waals surface area contributed by atoms with Gasteiger partial charge in [-0.3, -0.25) is 0 Å². The van der Waals surface area contributed by atoms with Gasteiger partial charge < -0.3 is 10.1 Å². The SMILES string of the molecule is C[C@H]1C[C@@H](Nc2ncnc3cc(Cl)ccc23)CCO1. The van der Waals surface area contributed by atoms with Crippen LogP contribution in [-0.4, -0.2) is 28.7 Å². The van der Waals surface area contributed by atoms with E-state index >= 15 is 0 Å². The summed E-state index contributed by atoms with van der Waals surface area (Å²) in [6.45, 7) is 2.90. The van der Waals surface area contributed by atoms with E-state index < -0.39 is 0 Å². The zero-order valence-electron chi connectivity index (χ0n) is 10.8. The number of nitrogens with zero attached hydrogens (tertiary/aromatic N) is 2. The Hall–Kier alpha value is -1.39. The lowest BCUT2D eigenvalue weighted by Gasteiger charge is -2.28. The number of nitrogens with one attached hydrogen (secondary N) is 1. The van der Waals surface area contributed by atoms with Gasteiger partial charge in [-0.2, -0.15) is 0 Å². The molecule has 1 aromatic carbocycles. The molecular formula is C14H16ClN3O. The van der Waals surface area contributed by atoms with Crippen LogP contribution in [0.3, 0.4) is 0 Å². The van der Waals surface area contributed by atoms with Crippen molar-refractivity contribution in [3.63, 3.8) is 0 Å². The molecule has 4 nitrogen and oxygen atoms in total. The van der Waals surface area contributed by atoms with Gasteiger partial charge in [0.15, 0.2) is 0 Å². The minimum atomic E-state index is 0.300. The molecule has 0 bridgehead atoms. The van der Waals surface area contributed by atoms with Gasteiger partial charge in [0.1, 0.15) is 12.1 Å². The Labute approximate surface area is 117 Å². The molecule has 0 amide bonds. The van der Waals surface area contributed by atoms with Crippen molar-refractivity contribution in [3.8, 4) is 0 Å². The van der Waals surface area contributed by atoms with Gasteiger partial charge in [-0.1, -0.05) is 11.6 Å². The first kappa shape index (κ1) is 12.6. The fourth-order valence-electron chi connectivity index (χ4n) is 2.47. The number of hydrogen-bond donors (Lipinski definition) is 1. The van der Waals surface area contributed by atoms with Crippen molar-refractivity contribution < 1.29 is 4.74 Å². The van der Waals surface area contributed by atoms with Crippen molar-refractivity contribution in [2.24, 2.45) is 0 Å². The summed E-state index contributed by atoms with van der Waals surface area (Å²) in [6, 6.07) is 6.09. The smallest absolute Gasteiger partial charge is 0.137 e. The third kappa shape index (κ3) is 2.80. The first-order valence-corrected chi connectivity index (χ1v) is 6.88. The monoisotopic (exact) mass is 277 g/mol. The van der Waals surface area contributed by atoms with Gasteiger partial charge in [-0.15, -0.1) is 0 Å². The van der Waals surface area contributed by atoms with E-state index in [-0.39, 0.29) is 0 Å². The predicted octanol–water partition coefficient (Wildman–Crippen LogP) is 3.26. The topological polar surface area (TPSA) is 47.0 Å². The van der Waals surface area contributed by atoms with E-state index in [9.17, 15) is 0 Å². The van der Waals surface area contributed by atoms with Crippen molar-refractivity contribution in [2.75, 3.05) is 11.9 Å². The summed E-state index contributed by atoms with van der Waals surface area (Å²) in [5, 5.41) is 5.20. The first-order valence-electron chi connectivity index (χ1n) is 6.51. The molecule has 0 aliphatic carbocycles. The first-order chi connectivity index (χ1) is 9.22. The third-order valence-electron chi connectivity index (χ3n) is 3.42. The lowest BCUT2D eigenvalue weighted by atomic mass is 10.0. The number of ether oxygens (including phenoxy) is 1. The number of hydrogen-bond acceptors (Lipinski definition) is 4. The summed E-state index contributed by atoms with van der Waals surface area (Å²) in [5.74, 6) is 0.876. The Balaban J connectivity index is 1.88. The molecule has 0 saturated carbocycles. The van der Waals surface area contributed by atoms with E-state index in [2.05, 4.69) is 22.2 Å². The highest BCUT2D eigenvalue weighted by molar-refractivity contribution is 6.31. The molecular weight excluding hydrogens is 262 g/mol. The summed E-state index contributed by atoms with van der Waals surface area (Å²) in [5.41, 5.74) is 0.866. The summed E-state index contributed by atoms with van der Waals surface area (Å²) in [7, 11) is 0. The molecule has 2 aromatic rings. The normalized spacial score (nSPS) is 23.5. The number of benzene rings is 1. The number of rotatable bonds is 2. The molecule has 19 heavy (non-hydrogen) atoms. The fraction of sp³-hybridized carbons (Fsp3) is 0.429. The van der Waals surface area contributed by atoms with Crippen LogP contribution in [0.15, 0.2) is 24.5 Å². The number of anilines is 1. The Morgan fingerprint density at radius 3 is 3.11 bits per heavy atom. The van der Waals surface area contributed by atoms with Crippen LogP contribution in [0.25, 0.3) is 10.9 Å². The van der Waals surface area contributed by atoms with Crippen LogP contribution in [0, 0.1) is 0 Å². The molecule has 1 aliphatic heterocycles. The van der Waals surface area contributed by atoms with E-state index in [4.69, 9.17) is 16.3 Å². The zero-order valence-corrected chi connectivity index (χ0v) is 11.5. The van der Waals surface area contributed by atoms with Crippen LogP contribution < -0.4 is 5.32 Å². The molecule has 5 heteroatoms. The molecule has 0 spiro atoms. The molecule has 1 fully saturated rings. The lowest BCUT2D eigenvalue weighted by molar-refractivity contribution is 0.0232. The minimum Gasteiger partial charge on any atom is -0.378 e. The van der Waals surface area contributed by atoms with Crippen molar-refractivity contribution in [3.05, 3.63) is 29.5 Å². The van der Waals surface area contributed by atoms with E-state index in [1.165, 1.54) is 0 Å². The quantitative estimate of drug-likeness (QED) is 0.915. The minimum absolute atomic E-state index is 0.300. The zero-order chi connectivity index (χ0) is 13.2. The van der Waals surface area contributed by atoms with Gasteiger partial charge in [-0.05, 0) is 38.0 Å². The Kier molecular flexibility index (Phi) is 3.53. The van der Waals surface area contributed by atoms with E-state index in [0.29, 0.717) is 17.2 Å². The van der Waals surface area contributed by atoms with Gasteiger partial charge in [0.2, 0.25) is 0 Å². The molecule has 1 saturated heterocycles. The summed E-state index contributed by atoms with van der Waals surface area (Å²) >= 11 is 5.98. The fourth-order valence-corrected chi connectivity index (χ4v) is 2.63. The van der Waals surface area contributed by atoms with Crippen molar-refractivity contribution >= 4 is 28.3 Å². The number of halogens is 1. The maximum atomic E-state index is 5.98. The molecule has 1 aromatic heterocycles. The second-order valence-corrected chi connectivity index (χ2v) is 5.37. The highest BCUT2D eigenvalue weighted by Crippen LogP contribution is 2.25. The van der Waals surface area contributed by atoms with Crippen LogP contribution in [0.5, 0.6) is 0 Å². The third-order valence-corrected chi connectivity index (χ3v) is 3.66. The summed E-state index contributed by atoms with van der Waals surface area (Å²) in [4.78, 5) is 8.60. The number of aromatic nitrogens is 2. The maximum Gasteiger partial charge on any atom is 0.137 e. The summed E-state index contributed by atoms with van der Waals surface area (Å²) in [6.07, 6.45) is 3.88. The standard InChI is InChI=1S/C14H16ClN3O/c1-9-6-11(4-5-19-9)18-14-12-3-2-10(15)7-13(12)16-8-17-14/h2-3,7-9,11H,4-6H2,1H3,(H,16,17,18)/t9-,11-/m0/s1. The van der Waals surface area contributed by atoms with Gasteiger partial charge >= 0.3 is 0 Å². The van der Waals surface area contributed by atoms with Gasteiger partial charge in [-0.25, -0.2) is 9.97 Å². The average molecular weight is 278 g/mol. The highest BCUT2D eigenvalue weighted by atomic mass is 35.5. The largest absolute Gasteiger partial charge is 0.378 e. The maximum absolute atomic E-state index is 5.98. The van der Waals surface area contributed by atoms with Gasteiger partial charge in [0.25, 0.3) is 0 Å². The number of fused-ring (bicyclic) bond motifs is 1. The lowest BCUT2D eigenvalue weighted by Crippen LogP contribution is -2.32. The molecule has 0 unspecified atom stereocenters. The highest BCUT2D eigenvalue weighted by Gasteiger charge is 2.20. The summed E-state index contributed by atoms with van der Waals surface area (Å²) < 4.78 is 5.56. The van der Waals surface area contributed by atoms with E-state index in [1.807, 2.05) is 18.2 Å². The van der Waals surface area contributed by atoms with Crippen molar-refractivity contribution in [2.45, 2.75) is 31.9 Å². The molecule has 2 atom stereocenters. The molecule has 1 aliphatic rings. The Bertz CT molecular complexity index is 590. The average Bonchev–Trinajstić information content (AvgIpc) is 2.38. The Morgan fingerprint density at radius 1 is 1.37 bits per heavy atom. The second-order valence-electron chi connectivity index (χ2n) is 4.93.